The van der Waals surface area contributed by atoms with Gasteiger partial charge in [-0.25, -0.2) is 14.2 Å². The minimum atomic E-state index is -0.987. The van der Waals surface area contributed by atoms with Crippen molar-refractivity contribution in [3.05, 3.63) is 98.6 Å². The van der Waals surface area contributed by atoms with Crippen LogP contribution in [-0.2, 0) is 11.4 Å². The molecule has 0 radical (unpaired) electrons. The summed E-state index contributed by atoms with van der Waals surface area (Å²) in [6, 6.07) is 17.5. The highest BCUT2D eigenvalue weighted by molar-refractivity contribution is 9.10. The van der Waals surface area contributed by atoms with E-state index in [4.69, 9.17) is 9.84 Å². The largest absolute Gasteiger partial charge is 0.488 e. The van der Waals surface area contributed by atoms with Crippen molar-refractivity contribution in [2.24, 2.45) is 4.99 Å². The Hall–Kier alpha value is -3.43. The molecule has 0 saturated carbocycles. The molecule has 33 heavy (non-hydrogen) atoms. The second kappa shape index (κ2) is 10.0. The van der Waals surface area contributed by atoms with Gasteiger partial charge in [-0.05, 0) is 78.0 Å². The first kappa shape index (κ1) is 22.8. The van der Waals surface area contributed by atoms with Gasteiger partial charge in [-0.15, -0.1) is 0 Å². The summed E-state index contributed by atoms with van der Waals surface area (Å²) in [6.45, 7) is 0.230. The van der Waals surface area contributed by atoms with Gasteiger partial charge in [-0.2, -0.15) is 0 Å². The number of nitrogens with zero attached hydrogens (tertiary/aromatic N) is 1. The molecule has 4 rings (SSSR count). The number of carboxylic acid groups (broad SMARTS) is 1. The monoisotopic (exact) mass is 526 g/mol. The van der Waals surface area contributed by atoms with E-state index in [9.17, 15) is 14.0 Å². The maximum absolute atomic E-state index is 13.1. The number of rotatable bonds is 6. The molecule has 0 bridgehead atoms. The molecule has 1 aliphatic rings. The first-order valence-corrected chi connectivity index (χ1v) is 11.3. The van der Waals surface area contributed by atoms with Gasteiger partial charge in [0.25, 0.3) is 5.91 Å². The number of thioether (sulfide) groups is 1. The van der Waals surface area contributed by atoms with Crippen molar-refractivity contribution >= 4 is 56.5 Å². The molecule has 0 spiro atoms. The number of hydrogen-bond acceptors (Lipinski definition) is 5. The van der Waals surface area contributed by atoms with Crippen molar-refractivity contribution in [2.45, 2.75) is 6.61 Å². The van der Waals surface area contributed by atoms with Gasteiger partial charge in [0, 0.05) is 10.0 Å². The van der Waals surface area contributed by atoms with Gasteiger partial charge in [0.15, 0.2) is 5.17 Å². The Bertz CT molecular complexity index is 1270. The summed E-state index contributed by atoms with van der Waals surface area (Å²) in [5.41, 5.74) is 2.23. The maximum Gasteiger partial charge on any atom is 0.335 e. The quantitative estimate of drug-likeness (QED) is 0.399. The molecule has 1 heterocycles. The van der Waals surface area contributed by atoms with Gasteiger partial charge in [0.1, 0.15) is 18.2 Å². The van der Waals surface area contributed by atoms with Crippen molar-refractivity contribution in [2.75, 3.05) is 0 Å². The van der Waals surface area contributed by atoms with Gasteiger partial charge >= 0.3 is 5.97 Å². The molecule has 0 aromatic heterocycles. The van der Waals surface area contributed by atoms with Gasteiger partial charge in [0.2, 0.25) is 0 Å². The fourth-order valence-electron chi connectivity index (χ4n) is 2.92. The normalized spacial score (nSPS) is 15.6. The Kier molecular flexibility index (Phi) is 6.90. The number of amides is 1. The predicted octanol–water partition coefficient (Wildman–Crippen LogP) is 5.76. The van der Waals surface area contributed by atoms with Crippen LogP contribution < -0.4 is 10.1 Å². The number of carbonyl (C=O) groups is 2. The van der Waals surface area contributed by atoms with Crippen LogP contribution in [0.15, 0.2) is 81.1 Å². The molecular formula is C24H16BrFN2O4S. The van der Waals surface area contributed by atoms with Crippen LogP contribution >= 0.6 is 27.7 Å². The smallest absolute Gasteiger partial charge is 0.335 e. The summed E-state index contributed by atoms with van der Waals surface area (Å²) >= 11 is 4.61. The minimum Gasteiger partial charge on any atom is -0.488 e. The van der Waals surface area contributed by atoms with E-state index in [-0.39, 0.29) is 23.9 Å². The van der Waals surface area contributed by atoms with Crippen molar-refractivity contribution < 1.29 is 23.8 Å². The number of hydrogen-bond donors (Lipinski definition) is 2. The van der Waals surface area contributed by atoms with E-state index in [0.717, 1.165) is 10.0 Å². The summed E-state index contributed by atoms with van der Waals surface area (Å²) in [7, 11) is 0. The Morgan fingerprint density at radius 3 is 2.55 bits per heavy atom. The van der Waals surface area contributed by atoms with E-state index in [1.54, 1.807) is 24.3 Å². The summed E-state index contributed by atoms with van der Waals surface area (Å²) in [5.74, 6) is -1.08. The zero-order valence-electron chi connectivity index (χ0n) is 16.9. The van der Waals surface area contributed by atoms with Crippen LogP contribution in [0.25, 0.3) is 6.08 Å². The van der Waals surface area contributed by atoms with E-state index in [1.807, 2.05) is 12.1 Å². The van der Waals surface area contributed by atoms with Crippen molar-refractivity contribution in [3.8, 4) is 5.75 Å². The number of aliphatic imine (C=N–C) groups is 1. The van der Waals surface area contributed by atoms with Crippen LogP contribution in [0, 0.1) is 5.82 Å². The zero-order valence-corrected chi connectivity index (χ0v) is 19.3. The Labute approximate surface area is 201 Å². The third kappa shape index (κ3) is 5.88. The molecule has 0 atom stereocenters. The fourth-order valence-corrected chi connectivity index (χ4v) is 4.13. The molecule has 166 valence electrons. The molecule has 1 aliphatic heterocycles. The molecule has 3 aromatic carbocycles. The van der Waals surface area contributed by atoms with E-state index in [2.05, 4.69) is 26.2 Å². The van der Waals surface area contributed by atoms with Gasteiger partial charge in [-0.3, -0.25) is 4.79 Å². The van der Waals surface area contributed by atoms with Crippen LogP contribution in [0.1, 0.15) is 21.5 Å². The van der Waals surface area contributed by atoms with E-state index >= 15 is 0 Å². The minimum absolute atomic E-state index is 0.204. The van der Waals surface area contributed by atoms with Crippen LogP contribution in [-0.4, -0.2) is 22.2 Å². The first-order chi connectivity index (χ1) is 15.9. The first-order valence-electron chi connectivity index (χ1n) is 9.67. The lowest BCUT2D eigenvalue weighted by molar-refractivity contribution is -0.115. The van der Waals surface area contributed by atoms with Crippen molar-refractivity contribution in [1.29, 1.82) is 0 Å². The molecule has 1 amide bonds. The molecule has 1 saturated heterocycles. The van der Waals surface area contributed by atoms with Crippen LogP contribution in [0.2, 0.25) is 0 Å². The summed E-state index contributed by atoms with van der Waals surface area (Å²) in [4.78, 5) is 28.2. The third-order valence-corrected chi connectivity index (χ3v) is 5.96. The summed E-state index contributed by atoms with van der Waals surface area (Å²) in [5, 5.41) is 12.1. The SMILES string of the molecule is O=C1NC(=Nc2ccc(F)cc2)S/C1=C/c1cc(Br)ccc1OCc1ccc(C(=O)O)cc1. The molecule has 2 N–H and O–H groups in total. The van der Waals surface area contributed by atoms with Gasteiger partial charge in [0.05, 0.1) is 16.2 Å². The second-order valence-corrected chi connectivity index (χ2v) is 8.88. The van der Waals surface area contributed by atoms with Gasteiger partial charge < -0.3 is 15.2 Å². The molecule has 9 heteroatoms. The third-order valence-electron chi connectivity index (χ3n) is 4.56. The average molecular weight is 527 g/mol. The van der Waals surface area contributed by atoms with E-state index in [1.165, 1.54) is 48.2 Å². The van der Waals surface area contributed by atoms with Crippen molar-refractivity contribution in [1.82, 2.24) is 5.32 Å². The Morgan fingerprint density at radius 1 is 1.12 bits per heavy atom. The number of carboxylic acids is 1. The lowest BCUT2D eigenvalue weighted by Crippen LogP contribution is -2.19. The number of benzene rings is 3. The molecule has 0 unspecified atom stereocenters. The number of carbonyl (C=O) groups excluding carboxylic acids is 1. The molecule has 0 aliphatic carbocycles. The molecule has 1 fully saturated rings. The predicted molar refractivity (Wildman–Crippen MR) is 129 cm³/mol. The molecule has 6 nitrogen and oxygen atoms in total. The number of amidine groups is 1. The van der Waals surface area contributed by atoms with E-state index < -0.39 is 5.97 Å². The highest BCUT2D eigenvalue weighted by Gasteiger charge is 2.24. The number of nitrogens with one attached hydrogen (secondary N) is 1. The van der Waals surface area contributed by atoms with Crippen molar-refractivity contribution in [3.63, 3.8) is 0 Å². The fraction of sp³-hybridized carbons (Fsp3) is 0.0417. The Balaban J connectivity index is 1.52. The number of aromatic carboxylic acids is 1. The highest BCUT2D eigenvalue weighted by Crippen LogP contribution is 2.32. The Morgan fingerprint density at radius 2 is 1.85 bits per heavy atom. The second-order valence-electron chi connectivity index (χ2n) is 6.93. The number of ether oxygens (including phenoxy) is 1. The number of halogens is 2. The van der Waals surface area contributed by atoms with Gasteiger partial charge in [-0.1, -0.05) is 28.1 Å². The zero-order chi connectivity index (χ0) is 23.4. The highest BCUT2D eigenvalue weighted by atomic mass is 79.9. The molecular weight excluding hydrogens is 511 g/mol. The lowest BCUT2D eigenvalue weighted by atomic mass is 10.1. The van der Waals surface area contributed by atoms with Crippen LogP contribution in [0.5, 0.6) is 5.75 Å². The topological polar surface area (TPSA) is 88.0 Å². The maximum atomic E-state index is 13.1. The van der Waals surface area contributed by atoms with Crippen LogP contribution in [0.3, 0.4) is 0 Å². The standard InChI is InChI=1S/C24H16BrFN2O4S/c25-17-5-10-20(32-13-14-1-3-15(4-2-14)23(30)31)16(11-17)12-21-22(29)28-24(33-21)27-19-8-6-18(26)7-9-19/h1-12H,13H2,(H,30,31)(H,27,28,29)/b21-12+. The average Bonchev–Trinajstić information content (AvgIpc) is 3.13. The molecule has 3 aromatic rings. The van der Waals surface area contributed by atoms with E-state index in [0.29, 0.717) is 27.1 Å². The summed E-state index contributed by atoms with van der Waals surface area (Å²) < 4.78 is 19.8. The summed E-state index contributed by atoms with van der Waals surface area (Å²) in [6.07, 6.45) is 1.71. The lowest BCUT2D eigenvalue weighted by Gasteiger charge is -2.10. The van der Waals surface area contributed by atoms with Crippen LogP contribution in [0.4, 0.5) is 10.1 Å².